The lowest BCUT2D eigenvalue weighted by atomic mass is 10.2. The Kier molecular flexibility index (Phi) is 5.94. The van der Waals surface area contributed by atoms with Gasteiger partial charge in [-0.25, -0.2) is 4.98 Å². The maximum Gasteiger partial charge on any atom is 0.251 e. The van der Waals surface area contributed by atoms with Crippen LogP contribution in [-0.2, 0) is 4.74 Å². The molecule has 94 valence electrons. The minimum Gasteiger partial charge on any atom is -0.379 e. The van der Waals surface area contributed by atoms with E-state index in [4.69, 9.17) is 16.3 Å². The summed E-state index contributed by atoms with van der Waals surface area (Å²) in [5, 5.41) is 3.11. The van der Waals surface area contributed by atoms with Crippen molar-refractivity contribution in [2.24, 2.45) is 0 Å². The third-order valence-corrected chi connectivity index (χ3v) is 2.25. The predicted molar refractivity (Wildman–Crippen MR) is 67.3 cm³/mol. The van der Waals surface area contributed by atoms with Crippen LogP contribution in [0.3, 0.4) is 0 Å². The van der Waals surface area contributed by atoms with Gasteiger partial charge in [0.25, 0.3) is 5.91 Å². The second-order valence-corrected chi connectivity index (χ2v) is 4.28. The molecular weight excluding hydrogens is 240 g/mol. The van der Waals surface area contributed by atoms with Crippen LogP contribution >= 0.6 is 11.6 Å². The Morgan fingerprint density at radius 2 is 2.35 bits per heavy atom. The minimum absolute atomic E-state index is 0.140. The molecule has 0 radical (unpaired) electrons. The van der Waals surface area contributed by atoms with Crippen molar-refractivity contribution in [2.75, 3.05) is 13.2 Å². The zero-order valence-corrected chi connectivity index (χ0v) is 10.8. The van der Waals surface area contributed by atoms with Crippen molar-refractivity contribution in [1.82, 2.24) is 10.3 Å². The quantitative estimate of drug-likeness (QED) is 0.628. The van der Waals surface area contributed by atoms with E-state index in [-0.39, 0.29) is 12.0 Å². The van der Waals surface area contributed by atoms with Crippen LogP contribution in [0.25, 0.3) is 0 Å². The van der Waals surface area contributed by atoms with E-state index < -0.39 is 0 Å². The molecular formula is C12H17ClN2O2. The third-order valence-electron chi connectivity index (χ3n) is 2.05. The average molecular weight is 257 g/mol. The van der Waals surface area contributed by atoms with E-state index in [1.165, 1.54) is 6.20 Å². The van der Waals surface area contributed by atoms with Crippen molar-refractivity contribution in [3.8, 4) is 0 Å². The first kappa shape index (κ1) is 13.9. The predicted octanol–water partition coefficient (Wildman–Crippen LogP) is 2.28. The lowest BCUT2D eigenvalue weighted by Crippen LogP contribution is -2.25. The summed E-state index contributed by atoms with van der Waals surface area (Å²) in [6, 6.07) is 3.17. The van der Waals surface area contributed by atoms with E-state index in [9.17, 15) is 4.79 Å². The van der Waals surface area contributed by atoms with E-state index in [1.807, 2.05) is 13.8 Å². The number of carbonyl (C=O) groups excluding carboxylic acids is 1. The lowest BCUT2D eigenvalue weighted by Gasteiger charge is -2.08. The van der Waals surface area contributed by atoms with Crippen LogP contribution in [0.4, 0.5) is 0 Å². The smallest absolute Gasteiger partial charge is 0.251 e. The molecule has 0 bridgehead atoms. The molecule has 1 heterocycles. The molecule has 0 saturated heterocycles. The summed E-state index contributed by atoms with van der Waals surface area (Å²) in [5.74, 6) is -0.140. The molecule has 1 aromatic rings. The van der Waals surface area contributed by atoms with Crippen LogP contribution in [-0.4, -0.2) is 30.1 Å². The number of hydrogen-bond donors (Lipinski definition) is 1. The SMILES string of the molecule is CC(C)OCCCNC(=O)c1ccnc(Cl)c1. The summed E-state index contributed by atoms with van der Waals surface area (Å²) >= 11 is 5.70. The first-order valence-corrected chi connectivity index (χ1v) is 5.98. The number of nitrogens with zero attached hydrogens (tertiary/aromatic N) is 1. The van der Waals surface area contributed by atoms with Gasteiger partial charge in [-0.05, 0) is 32.4 Å². The molecule has 0 aliphatic carbocycles. The molecule has 1 N–H and O–H groups in total. The molecule has 0 unspecified atom stereocenters. The lowest BCUT2D eigenvalue weighted by molar-refractivity contribution is 0.0757. The Bertz CT molecular complexity index is 369. The number of pyridine rings is 1. The molecule has 0 spiro atoms. The van der Waals surface area contributed by atoms with Crippen LogP contribution < -0.4 is 5.32 Å². The van der Waals surface area contributed by atoms with Gasteiger partial charge in [-0.15, -0.1) is 0 Å². The zero-order chi connectivity index (χ0) is 12.7. The molecule has 1 aromatic heterocycles. The second kappa shape index (κ2) is 7.25. The Labute approximate surface area is 106 Å². The van der Waals surface area contributed by atoms with E-state index in [0.29, 0.717) is 23.9 Å². The summed E-state index contributed by atoms with van der Waals surface area (Å²) in [4.78, 5) is 15.5. The van der Waals surface area contributed by atoms with Crippen molar-refractivity contribution in [2.45, 2.75) is 26.4 Å². The van der Waals surface area contributed by atoms with Crippen molar-refractivity contribution in [1.29, 1.82) is 0 Å². The number of halogens is 1. The van der Waals surface area contributed by atoms with Gasteiger partial charge >= 0.3 is 0 Å². The molecule has 0 fully saturated rings. The highest BCUT2D eigenvalue weighted by Gasteiger charge is 2.05. The van der Waals surface area contributed by atoms with E-state index in [1.54, 1.807) is 12.1 Å². The van der Waals surface area contributed by atoms with Gasteiger partial charge in [-0.1, -0.05) is 11.6 Å². The topological polar surface area (TPSA) is 51.2 Å². The third kappa shape index (κ3) is 5.65. The molecule has 0 aromatic carbocycles. The Morgan fingerprint density at radius 3 is 3.00 bits per heavy atom. The van der Waals surface area contributed by atoms with Gasteiger partial charge in [-0.3, -0.25) is 4.79 Å². The van der Waals surface area contributed by atoms with E-state index >= 15 is 0 Å². The van der Waals surface area contributed by atoms with E-state index in [2.05, 4.69) is 10.3 Å². The zero-order valence-electron chi connectivity index (χ0n) is 10.1. The Morgan fingerprint density at radius 1 is 1.59 bits per heavy atom. The van der Waals surface area contributed by atoms with Crippen molar-refractivity contribution >= 4 is 17.5 Å². The monoisotopic (exact) mass is 256 g/mol. The van der Waals surface area contributed by atoms with Crippen molar-refractivity contribution < 1.29 is 9.53 Å². The first-order valence-electron chi connectivity index (χ1n) is 5.61. The fourth-order valence-electron chi connectivity index (χ4n) is 1.24. The highest BCUT2D eigenvalue weighted by molar-refractivity contribution is 6.29. The summed E-state index contributed by atoms with van der Waals surface area (Å²) in [5.41, 5.74) is 0.523. The maximum atomic E-state index is 11.7. The number of nitrogens with one attached hydrogen (secondary N) is 1. The maximum absolute atomic E-state index is 11.7. The fraction of sp³-hybridized carbons (Fsp3) is 0.500. The number of amides is 1. The van der Waals surface area contributed by atoms with Gasteiger partial charge in [0.2, 0.25) is 0 Å². The first-order chi connectivity index (χ1) is 8.09. The second-order valence-electron chi connectivity index (χ2n) is 3.90. The molecule has 4 nitrogen and oxygen atoms in total. The van der Waals surface area contributed by atoms with Crippen LogP contribution in [0.15, 0.2) is 18.3 Å². The molecule has 1 rings (SSSR count). The molecule has 5 heteroatoms. The fourth-order valence-corrected chi connectivity index (χ4v) is 1.41. The minimum atomic E-state index is -0.140. The van der Waals surface area contributed by atoms with Gasteiger partial charge < -0.3 is 10.1 Å². The number of rotatable bonds is 6. The van der Waals surface area contributed by atoms with Crippen LogP contribution in [0.2, 0.25) is 5.15 Å². The van der Waals surface area contributed by atoms with Gasteiger partial charge in [0.1, 0.15) is 5.15 Å². The van der Waals surface area contributed by atoms with E-state index in [0.717, 1.165) is 6.42 Å². The number of aromatic nitrogens is 1. The number of carbonyl (C=O) groups is 1. The summed E-state index contributed by atoms with van der Waals surface area (Å²) in [7, 11) is 0. The van der Waals surface area contributed by atoms with Crippen LogP contribution in [0.5, 0.6) is 0 Å². The van der Waals surface area contributed by atoms with Gasteiger partial charge in [0.15, 0.2) is 0 Å². The van der Waals surface area contributed by atoms with Crippen molar-refractivity contribution in [3.05, 3.63) is 29.0 Å². The highest BCUT2D eigenvalue weighted by atomic mass is 35.5. The van der Waals surface area contributed by atoms with Gasteiger partial charge in [0, 0.05) is 24.9 Å². The van der Waals surface area contributed by atoms with Crippen LogP contribution in [0.1, 0.15) is 30.6 Å². The largest absolute Gasteiger partial charge is 0.379 e. The number of hydrogen-bond acceptors (Lipinski definition) is 3. The normalized spacial score (nSPS) is 10.6. The molecule has 0 saturated carbocycles. The molecule has 1 amide bonds. The highest BCUT2D eigenvalue weighted by Crippen LogP contribution is 2.06. The molecule has 0 atom stereocenters. The summed E-state index contributed by atoms with van der Waals surface area (Å²) in [6.45, 7) is 5.20. The summed E-state index contributed by atoms with van der Waals surface area (Å²) < 4.78 is 5.37. The van der Waals surface area contributed by atoms with Crippen molar-refractivity contribution in [3.63, 3.8) is 0 Å². The number of ether oxygens (including phenoxy) is 1. The molecule has 0 aliphatic rings. The summed E-state index contributed by atoms with van der Waals surface area (Å²) in [6.07, 6.45) is 2.53. The van der Waals surface area contributed by atoms with Gasteiger partial charge in [-0.2, -0.15) is 0 Å². The van der Waals surface area contributed by atoms with Gasteiger partial charge in [0.05, 0.1) is 6.10 Å². The molecule has 17 heavy (non-hydrogen) atoms. The Balaban J connectivity index is 2.26. The average Bonchev–Trinajstić information content (AvgIpc) is 2.28. The standard InChI is InChI=1S/C12H17ClN2O2/c1-9(2)17-7-3-5-15-12(16)10-4-6-14-11(13)8-10/h4,6,8-9H,3,5,7H2,1-2H3,(H,15,16). The Hall–Kier alpha value is -1.13. The molecule has 0 aliphatic heterocycles. The van der Waals surface area contributed by atoms with Crippen LogP contribution in [0, 0.1) is 0 Å².